The van der Waals surface area contributed by atoms with Crippen molar-refractivity contribution in [3.8, 4) is 0 Å². The van der Waals surface area contributed by atoms with Gasteiger partial charge in [0.15, 0.2) is 0 Å². The summed E-state index contributed by atoms with van der Waals surface area (Å²) in [6.07, 6.45) is 7.50. The number of hydrogen-bond donors (Lipinski definition) is 2. The number of hydrogen-bond acceptors (Lipinski definition) is 3. The van der Waals surface area contributed by atoms with Crippen molar-refractivity contribution in [2.45, 2.75) is 38.8 Å². The van der Waals surface area contributed by atoms with Crippen molar-refractivity contribution in [1.82, 2.24) is 14.7 Å². The predicted molar refractivity (Wildman–Crippen MR) is 75.0 cm³/mol. The zero-order chi connectivity index (χ0) is 13.2. The maximum Gasteiger partial charge on any atom is 0.136 e. The summed E-state index contributed by atoms with van der Waals surface area (Å²) in [6, 6.07) is 4.57. The van der Waals surface area contributed by atoms with Gasteiger partial charge in [-0.25, -0.2) is 4.98 Å². The molecule has 2 aromatic rings. The number of aliphatic hydroxyl groups is 1. The zero-order valence-corrected chi connectivity index (χ0v) is 11.3. The van der Waals surface area contributed by atoms with Crippen molar-refractivity contribution in [2.24, 2.45) is 5.92 Å². The van der Waals surface area contributed by atoms with Crippen molar-refractivity contribution >= 4 is 5.65 Å². The molecule has 1 aliphatic rings. The van der Waals surface area contributed by atoms with Crippen LogP contribution in [0.4, 0.5) is 0 Å². The van der Waals surface area contributed by atoms with Crippen LogP contribution >= 0.6 is 0 Å². The van der Waals surface area contributed by atoms with Crippen LogP contribution in [-0.2, 0) is 6.54 Å². The third kappa shape index (κ3) is 2.80. The topological polar surface area (TPSA) is 49.6 Å². The molecule has 4 nitrogen and oxygen atoms in total. The van der Waals surface area contributed by atoms with Gasteiger partial charge in [0.2, 0.25) is 0 Å². The standard InChI is InChI=1S/C15H21N3O/c1-11-2-5-15-17-9-13(18(15)10-11)8-16-14(6-7-19)12-3-4-12/h2,5,9-10,12,14,16,19H,3-4,6-8H2,1H3. The first-order valence-corrected chi connectivity index (χ1v) is 7.05. The summed E-state index contributed by atoms with van der Waals surface area (Å²) in [6.45, 7) is 3.17. The van der Waals surface area contributed by atoms with Gasteiger partial charge in [-0.2, -0.15) is 0 Å². The Hall–Kier alpha value is -1.39. The molecular formula is C15H21N3O. The van der Waals surface area contributed by atoms with Gasteiger partial charge < -0.3 is 14.8 Å². The van der Waals surface area contributed by atoms with Gasteiger partial charge in [0.1, 0.15) is 5.65 Å². The molecule has 0 bridgehead atoms. The quantitative estimate of drug-likeness (QED) is 0.833. The van der Waals surface area contributed by atoms with Crippen LogP contribution in [0.3, 0.4) is 0 Å². The number of aromatic nitrogens is 2. The molecule has 0 aliphatic heterocycles. The molecule has 2 aromatic heterocycles. The summed E-state index contributed by atoms with van der Waals surface area (Å²) in [5.74, 6) is 0.757. The summed E-state index contributed by atoms with van der Waals surface area (Å²) in [5, 5.41) is 12.7. The molecule has 0 radical (unpaired) electrons. The lowest BCUT2D eigenvalue weighted by Crippen LogP contribution is -2.31. The number of rotatable bonds is 6. The first-order valence-electron chi connectivity index (χ1n) is 7.05. The average Bonchev–Trinajstić information content (AvgIpc) is 3.17. The highest BCUT2D eigenvalue weighted by Gasteiger charge is 2.30. The Morgan fingerprint density at radius 3 is 3.05 bits per heavy atom. The number of aliphatic hydroxyl groups excluding tert-OH is 1. The second-order valence-corrected chi connectivity index (χ2v) is 5.52. The molecule has 0 spiro atoms. The molecular weight excluding hydrogens is 238 g/mol. The van der Waals surface area contributed by atoms with E-state index in [4.69, 9.17) is 5.11 Å². The van der Waals surface area contributed by atoms with Gasteiger partial charge in [-0.15, -0.1) is 0 Å². The van der Waals surface area contributed by atoms with Crippen LogP contribution in [0.2, 0.25) is 0 Å². The fourth-order valence-corrected chi connectivity index (χ4v) is 2.65. The number of nitrogens with zero attached hydrogens (tertiary/aromatic N) is 2. The van der Waals surface area contributed by atoms with E-state index in [-0.39, 0.29) is 6.61 Å². The van der Waals surface area contributed by atoms with Crippen molar-refractivity contribution < 1.29 is 5.11 Å². The van der Waals surface area contributed by atoms with Crippen LogP contribution in [0.25, 0.3) is 5.65 Å². The molecule has 3 rings (SSSR count). The molecule has 2 N–H and O–H groups in total. The van der Waals surface area contributed by atoms with E-state index in [0.29, 0.717) is 6.04 Å². The smallest absolute Gasteiger partial charge is 0.136 e. The van der Waals surface area contributed by atoms with Gasteiger partial charge in [-0.3, -0.25) is 0 Å². The average molecular weight is 259 g/mol. The monoisotopic (exact) mass is 259 g/mol. The molecule has 1 fully saturated rings. The van der Waals surface area contributed by atoms with Gasteiger partial charge in [0.25, 0.3) is 0 Å². The highest BCUT2D eigenvalue weighted by molar-refractivity contribution is 5.41. The molecule has 2 heterocycles. The van der Waals surface area contributed by atoms with Crippen molar-refractivity contribution in [1.29, 1.82) is 0 Å². The van der Waals surface area contributed by atoms with Gasteiger partial charge in [0, 0.05) is 25.4 Å². The number of imidazole rings is 1. The molecule has 102 valence electrons. The van der Waals surface area contributed by atoms with E-state index in [1.54, 1.807) is 0 Å². The summed E-state index contributed by atoms with van der Waals surface area (Å²) in [4.78, 5) is 4.42. The molecule has 1 aliphatic carbocycles. The van der Waals surface area contributed by atoms with Gasteiger partial charge in [0.05, 0.1) is 11.9 Å². The molecule has 0 saturated heterocycles. The van der Waals surface area contributed by atoms with E-state index >= 15 is 0 Å². The van der Waals surface area contributed by atoms with E-state index in [2.05, 4.69) is 33.9 Å². The zero-order valence-electron chi connectivity index (χ0n) is 11.3. The summed E-state index contributed by atoms with van der Waals surface area (Å²) < 4.78 is 2.14. The minimum atomic E-state index is 0.264. The summed E-state index contributed by atoms with van der Waals surface area (Å²) in [7, 11) is 0. The Balaban J connectivity index is 1.72. The molecule has 1 atom stereocenters. The Labute approximate surface area is 113 Å². The van der Waals surface area contributed by atoms with E-state index in [1.165, 1.54) is 24.1 Å². The Morgan fingerprint density at radius 2 is 2.32 bits per heavy atom. The van der Waals surface area contributed by atoms with Crippen LogP contribution in [0, 0.1) is 12.8 Å². The van der Waals surface area contributed by atoms with Crippen molar-refractivity contribution in [2.75, 3.05) is 6.61 Å². The molecule has 19 heavy (non-hydrogen) atoms. The van der Waals surface area contributed by atoms with Gasteiger partial charge in [-0.1, -0.05) is 6.07 Å². The molecule has 1 unspecified atom stereocenters. The highest BCUT2D eigenvalue weighted by atomic mass is 16.3. The first-order chi connectivity index (χ1) is 9.28. The first kappa shape index (κ1) is 12.6. The van der Waals surface area contributed by atoms with E-state index in [0.717, 1.165) is 24.5 Å². The number of fused-ring (bicyclic) bond motifs is 1. The van der Waals surface area contributed by atoms with Crippen LogP contribution in [-0.4, -0.2) is 27.1 Å². The number of aryl methyl sites for hydroxylation is 1. The second kappa shape index (κ2) is 5.31. The van der Waals surface area contributed by atoms with Crippen molar-refractivity contribution in [3.05, 3.63) is 35.8 Å². The van der Waals surface area contributed by atoms with Gasteiger partial charge >= 0.3 is 0 Å². The maximum atomic E-state index is 9.12. The molecule has 0 aromatic carbocycles. The fourth-order valence-electron chi connectivity index (χ4n) is 2.65. The minimum Gasteiger partial charge on any atom is -0.396 e. The molecule has 0 amide bonds. The normalized spacial score (nSPS) is 16.9. The second-order valence-electron chi connectivity index (χ2n) is 5.52. The van der Waals surface area contributed by atoms with Gasteiger partial charge in [-0.05, 0) is 43.7 Å². The number of nitrogens with one attached hydrogen (secondary N) is 1. The van der Waals surface area contributed by atoms with Crippen LogP contribution in [0.1, 0.15) is 30.5 Å². The van der Waals surface area contributed by atoms with Crippen LogP contribution < -0.4 is 5.32 Å². The highest BCUT2D eigenvalue weighted by Crippen LogP contribution is 2.34. The SMILES string of the molecule is Cc1ccc2ncc(CNC(CCO)C3CC3)n2c1. The van der Waals surface area contributed by atoms with Crippen molar-refractivity contribution in [3.63, 3.8) is 0 Å². The fraction of sp³-hybridized carbons (Fsp3) is 0.533. The predicted octanol–water partition coefficient (Wildman–Crippen LogP) is 1.89. The Morgan fingerprint density at radius 1 is 1.47 bits per heavy atom. The third-order valence-electron chi connectivity index (χ3n) is 3.91. The van der Waals surface area contributed by atoms with E-state index < -0.39 is 0 Å². The molecule has 4 heteroatoms. The lowest BCUT2D eigenvalue weighted by atomic mass is 10.1. The van der Waals surface area contributed by atoms with Crippen LogP contribution in [0.5, 0.6) is 0 Å². The Kier molecular flexibility index (Phi) is 3.53. The lowest BCUT2D eigenvalue weighted by Gasteiger charge is -2.16. The van der Waals surface area contributed by atoms with E-state index in [1.807, 2.05) is 12.3 Å². The maximum absolute atomic E-state index is 9.12. The lowest BCUT2D eigenvalue weighted by molar-refractivity contribution is 0.255. The Bertz CT molecular complexity index is 560. The number of pyridine rings is 1. The summed E-state index contributed by atoms with van der Waals surface area (Å²) in [5.41, 5.74) is 3.41. The van der Waals surface area contributed by atoms with Crippen LogP contribution in [0.15, 0.2) is 24.5 Å². The third-order valence-corrected chi connectivity index (χ3v) is 3.91. The molecule has 1 saturated carbocycles. The minimum absolute atomic E-state index is 0.264. The van der Waals surface area contributed by atoms with E-state index in [9.17, 15) is 0 Å². The largest absolute Gasteiger partial charge is 0.396 e. The summed E-state index contributed by atoms with van der Waals surface area (Å²) >= 11 is 0.